The lowest BCUT2D eigenvalue weighted by Crippen LogP contribution is -2.30. The fraction of sp³-hybridized carbons (Fsp3) is 0.774. The van der Waals surface area contributed by atoms with Crippen LogP contribution in [0.5, 0.6) is 0 Å². The molecular weight excluding hydrogens is 606 g/mol. The lowest BCUT2D eigenvalue weighted by Gasteiger charge is -2.12. The monoisotopic (exact) mass is 659 g/mol. The second-order valence-corrected chi connectivity index (χ2v) is 11.1. The van der Waals surface area contributed by atoms with E-state index in [0.29, 0.717) is 64.9 Å². The normalized spacial score (nSPS) is 12.2. The van der Waals surface area contributed by atoms with Gasteiger partial charge >= 0.3 is 17.9 Å². The Balaban J connectivity index is 3.80. The number of carbonyl (C=O) groups excluding carboxylic acids is 4. The Morgan fingerprint density at radius 2 is 1.15 bits per heavy atom. The SMILES string of the molecule is N[C@@H](CCCCNC(=O)CC[C@H](CC(=O)CCC(=O)NCCOCCOCCCC(=O)CCCCCCC(=O)O)C(=O)O)C(=O)O. The van der Waals surface area contributed by atoms with Gasteiger partial charge in [-0.3, -0.25) is 33.6 Å². The Morgan fingerprint density at radius 3 is 1.80 bits per heavy atom. The smallest absolute Gasteiger partial charge is 0.320 e. The van der Waals surface area contributed by atoms with Crippen LogP contribution in [0.1, 0.15) is 103 Å². The van der Waals surface area contributed by atoms with Gasteiger partial charge in [0.05, 0.1) is 25.7 Å². The zero-order chi connectivity index (χ0) is 34.6. The van der Waals surface area contributed by atoms with E-state index in [0.717, 1.165) is 19.3 Å². The van der Waals surface area contributed by atoms with E-state index in [9.17, 15) is 38.7 Å². The Bertz CT molecular complexity index is 944. The zero-order valence-corrected chi connectivity index (χ0v) is 26.8. The largest absolute Gasteiger partial charge is 0.481 e. The van der Waals surface area contributed by atoms with Crippen molar-refractivity contribution in [2.45, 2.75) is 109 Å². The number of hydrogen-bond acceptors (Lipinski definition) is 10. The summed E-state index contributed by atoms with van der Waals surface area (Å²) in [7, 11) is 0. The van der Waals surface area contributed by atoms with Gasteiger partial charge in [0.1, 0.15) is 17.6 Å². The summed E-state index contributed by atoms with van der Waals surface area (Å²) in [6, 6.07) is -0.948. The molecule has 15 heteroatoms. The van der Waals surface area contributed by atoms with E-state index in [1.807, 2.05) is 0 Å². The number of nitrogens with two attached hydrogens (primary N) is 1. The number of carbonyl (C=O) groups is 7. The van der Waals surface area contributed by atoms with Crippen molar-refractivity contribution >= 4 is 41.3 Å². The maximum atomic E-state index is 12.2. The summed E-state index contributed by atoms with van der Waals surface area (Å²) in [6.45, 7) is 1.87. The summed E-state index contributed by atoms with van der Waals surface area (Å²) in [4.78, 5) is 80.7. The van der Waals surface area contributed by atoms with E-state index in [1.54, 1.807) is 0 Å². The van der Waals surface area contributed by atoms with Crippen LogP contribution in [-0.2, 0) is 43.0 Å². The predicted molar refractivity (Wildman–Crippen MR) is 166 cm³/mol. The van der Waals surface area contributed by atoms with Crippen LogP contribution in [0.4, 0.5) is 0 Å². The van der Waals surface area contributed by atoms with Crippen LogP contribution >= 0.6 is 0 Å². The molecule has 0 rings (SSSR count). The number of nitrogens with one attached hydrogen (secondary N) is 2. The number of ether oxygens (including phenoxy) is 2. The van der Waals surface area contributed by atoms with Crippen molar-refractivity contribution in [3.05, 3.63) is 0 Å². The molecular formula is C31H53N3O12. The molecule has 0 aromatic carbocycles. The molecule has 0 saturated heterocycles. The van der Waals surface area contributed by atoms with Crippen LogP contribution in [0.25, 0.3) is 0 Å². The van der Waals surface area contributed by atoms with Gasteiger partial charge in [-0.15, -0.1) is 0 Å². The quantitative estimate of drug-likeness (QED) is 0.0565. The van der Waals surface area contributed by atoms with Crippen LogP contribution in [0.2, 0.25) is 0 Å². The standard InChI is InChI=1S/C31H53N3O12/c32-26(31(43)44)10-5-6-16-33-27(37)14-12-23(30(41)42)22-25(36)13-15-28(38)34-17-19-46-21-20-45-18-7-9-24(35)8-3-1-2-4-11-29(39)40/h23,26H,1-22,32H2,(H,33,37)(H,34,38)(H,39,40)(H,41,42)(H,43,44)/t23-,26+/m1/s1. The average molecular weight is 660 g/mol. The summed E-state index contributed by atoms with van der Waals surface area (Å²) in [5, 5.41) is 32.0. The molecule has 0 radical (unpaired) electrons. The van der Waals surface area contributed by atoms with E-state index in [-0.39, 0.29) is 81.5 Å². The number of carboxylic acids is 3. The van der Waals surface area contributed by atoms with E-state index in [2.05, 4.69) is 10.6 Å². The Kier molecular flexibility index (Phi) is 25.8. The molecule has 0 fully saturated rings. The van der Waals surface area contributed by atoms with Gasteiger partial charge in [0.25, 0.3) is 0 Å². The molecule has 0 spiro atoms. The van der Waals surface area contributed by atoms with E-state index < -0.39 is 29.9 Å². The van der Waals surface area contributed by atoms with Crippen LogP contribution in [0.15, 0.2) is 0 Å². The van der Waals surface area contributed by atoms with Gasteiger partial charge in [-0.25, -0.2) is 0 Å². The first kappa shape index (κ1) is 42.6. The van der Waals surface area contributed by atoms with Crippen molar-refractivity contribution in [1.29, 1.82) is 0 Å². The highest BCUT2D eigenvalue weighted by Crippen LogP contribution is 2.14. The number of rotatable bonds is 32. The molecule has 2 amide bonds. The molecule has 0 unspecified atom stereocenters. The maximum Gasteiger partial charge on any atom is 0.320 e. The molecule has 0 aliphatic heterocycles. The molecule has 264 valence electrons. The Morgan fingerprint density at radius 1 is 0.543 bits per heavy atom. The minimum Gasteiger partial charge on any atom is -0.481 e. The second kappa shape index (κ2) is 27.8. The molecule has 15 nitrogen and oxygen atoms in total. The van der Waals surface area contributed by atoms with Gasteiger partial charge in [0.15, 0.2) is 0 Å². The molecule has 7 N–H and O–H groups in total. The first-order chi connectivity index (χ1) is 21.9. The van der Waals surface area contributed by atoms with Crippen molar-refractivity contribution in [3.8, 4) is 0 Å². The number of aliphatic carboxylic acids is 3. The molecule has 0 bridgehead atoms. The summed E-state index contributed by atoms with van der Waals surface area (Å²) < 4.78 is 10.8. The molecule has 2 atom stereocenters. The zero-order valence-electron chi connectivity index (χ0n) is 26.8. The van der Waals surface area contributed by atoms with Crippen LogP contribution in [0.3, 0.4) is 0 Å². The summed E-state index contributed by atoms with van der Waals surface area (Å²) in [5.41, 5.74) is 5.41. The lowest BCUT2D eigenvalue weighted by molar-refractivity contribution is -0.144. The molecule has 0 aliphatic carbocycles. The molecule has 0 heterocycles. The number of amides is 2. The van der Waals surface area contributed by atoms with E-state index in [4.69, 9.17) is 25.4 Å². The van der Waals surface area contributed by atoms with Gasteiger partial charge in [0, 0.05) is 64.6 Å². The number of carboxylic acid groups (broad SMARTS) is 3. The highest BCUT2D eigenvalue weighted by atomic mass is 16.5. The van der Waals surface area contributed by atoms with Crippen molar-refractivity contribution in [2.24, 2.45) is 11.7 Å². The molecule has 0 saturated carbocycles. The van der Waals surface area contributed by atoms with Crippen molar-refractivity contribution in [2.75, 3.05) is 39.5 Å². The lowest BCUT2D eigenvalue weighted by atomic mass is 9.95. The number of Topliss-reactive ketones (excluding diaryl/α,β-unsaturated/α-hetero) is 2. The second-order valence-electron chi connectivity index (χ2n) is 11.1. The highest BCUT2D eigenvalue weighted by Gasteiger charge is 2.22. The third kappa shape index (κ3) is 26.9. The summed E-state index contributed by atoms with van der Waals surface area (Å²) in [6.07, 6.45) is 5.51. The van der Waals surface area contributed by atoms with Crippen LogP contribution < -0.4 is 16.4 Å². The third-order valence-electron chi connectivity index (χ3n) is 7.04. The molecule has 0 aliphatic rings. The van der Waals surface area contributed by atoms with Gasteiger partial charge in [-0.2, -0.15) is 0 Å². The van der Waals surface area contributed by atoms with E-state index >= 15 is 0 Å². The number of ketones is 2. The highest BCUT2D eigenvalue weighted by molar-refractivity contribution is 5.87. The summed E-state index contributed by atoms with van der Waals surface area (Å²) >= 11 is 0. The average Bonchev–Trinajstić information content (AvgIpc) is 3.00. The van der Waals surface area contributed by atoms with Gasteiger partial charge in [-0.1, -0.05) is 12.8 Å². The predicted octanol–water partition coefficient (Wildman–Crippen LogP) is 1.83. The summed E-state index contributed by atoms with van der Waals surface area (Å²) in [5.74, 6) is -5.07. The Labute approximate surface area is 270 Å². The number of hydrogen-bond donors (Lipinski definition) is 6. The molecule has 0 aromatic rings. The van der Waals surface area contributed by atoms with Crippen LogP contribution in [0, 0.1) is 5.92 Å². The first-order valence-corrected chi connectivity index (χ1v) is 16.1. The Hall–Kier alpha value is -3.43. The van der Waals surface area contributed by atoms with E-state index in [1.165, 1.54) is 0 Å². The van der Waals surface area contributed by atoms with Gasteiger partial charge in [-0.05, 0) is 44.9 Å². The third-order valence-corrected chi connectivity index (χ3v) is 7.04. The maximum absolute atomic E-state index is 12.2. The number of unbranched alkanes of at least 4 members (excludes halogenated alkanes) is 4. The minimum atomic E-state index is -1.19. The topological polar surface area (TPSA) is 249 Å². The van der Waals surface area contributed by atoms with Gasteiger partial charge in [0.2, 0.25) is 11.8 Å². The van der Waals surface area contributed by atoms with Crippen molar-refractivity contribution in [3.63, 3.8) is 0 Å². The fourth-order valence-electron chi connectivity index (χ4n) is 4.30. The first-order valence-electron chi connectivity index (χ1n) is 16.1. The van der Waals surface area contributed by atoms with Crippen LogP contribution in [-0.4, -0.2) is 102 Å². The fourth-order valence-corrected chi connectivity index (χ4v) is 4.30. The van der Waals surface area contributed by atoms with Crippen molar-refractivity contribution < 1.29 is 58.4 Å². The molecule has 0 aromatic heterocycles. The minimum absolute atomic E-state index is 0.0268. The van der Waals surface area contributed by atoms with Gasteiger partial charge < -0.3 is 41.2 Å². The van der Waals surface area contributed by atoms with Crippen molar-refractivity contribution in [1.82, 2.24) is 10.6 Å². The molecule has 46 heavy (non-hydrogen) atoms.